The van der Waals surface area contributed by atoms with Crippen molar-refractivity contribution in [2.75, 3.05) is 25.5 Å². The Kier molecular flexibility index (Phi) is 5.62. The largest absolute Gasteiger partial charge is 0.405 e. The van der Waals surface area contributed by atoms with Gasteiger partial charge in [-0.15, -0.1) is 0 Å². The molecule has 0 saturated carbocycles. The first-order valence-corrected chi connectivity index (χ1v) is 5.56. The molecule has 1 rings (SSSR count). The Hall–Kier alpha value is -1.76. The van der Waals surface area contributed by atoms with Gasteiger partial charge in [0.2, 0.25) is 5.91 Å². The number of methoxy groups -OCH3 is 1. The van der Waals surface area contributed by atoms with Gasteiger partial charge in [-0.05, 0) is 17.7 Å². The van der Waals surface area contributed by atoms with Gasteiger partial charge in [0.05, 0.1) is 13.2 Å². The van der Waals surface area contributed by atoms with Gasteiger partial charge in [0.1, 0.15) is 6.54 Å². The van der Waals surface area contributed by atoms with Gasteiger partial charge in [0, 0.05) is 12.8 Å². The Balaban J connectivity index is 2.39. The van der Waals surface area contributed by atoms with Crippen molar-refractivity contribution in [3.05, 3.63) is 29.8 Å². The fourth-order valence-corrected chi connectivity index (χ4v) is 1.38. The lowest BCUT2D eigenvalue weighted by Gasteiger charge is -2.10. The first-order chi connectivity index (χ1) is 8.90. The lowest BCUT2D eigenvalue weighted by atomic mass is 10.2. The molecule has 1 aromatic carbocycles. The minimum Gasteiger partial charge on any atom is -0.380 e. The second kappa shape index (κ2) is 6.98. The number of amides is 1. The zero-order valence-electron chi connectivity index (χ0n) is 10.4. The minimum atomic E-state index is -4.39. The lowest BCUT2D eigenvalue weighted by molar-refractivity contribution is -0.137. The van der Waals surface area contributed by atoms with Crippen LogP contribution in [0.4, 0.5) is 18.9 Å². The van der Waals surface area contributed by atoms with Crippen molar-refractivity contribution in [1.29, 1.82) is 0 Å². The number of alkyl halides is 3. The van der Waals surface area contributed by atoms with Gasteiger partial charge in [-0.1, -0.05) is 12.1 Å². The van der Waals surface area contributed by atoms with E-state index in [4.69, 9.17) is 4.74 Å². The van der Waals surface area contributed by atoms with Crippen molar-refractivity contribution in [3.63, 3.8) is 0 Å². The summed E-state index contributed by atoms with van der Waals surface area (Å²) in [4.78, 5) is 11.2. The first kappa shape index (κ1) is 15.3. The molecule has 0 bridgehead atoms. The zero-order valence-corrected chi connectivity index (χ0v) is 10.4. The minimum absolute atomic E-state index is 0.216. The van der Waals surface area contributed by atoms with Gasteiger partial charge in [-0.3, -0.25) is 4.79 Å². The summed E-state index contributed by atoms with van der Waals surface area (Å²) in [5.41, 5.74) is 1.56. The highest BCUT2D eigenvalue weighted by molar-refractivity contribution is 5.80. The standard InChI is InChI=1S/C12H15F3N2O2/c1-19-7-9-3-2-4-10(5-9)16-6-11(18)17-8-12(13,14)15/h2-5,16H,6-8H2,1H3,(H,17,18). The monoisotopic (exact) mass is 276 g/mol. The van der Waals surface area contributed by atoms with Gasteiger partial charge >= 0.3 is 6.18 Å². The summed E-state index contributed by atoms with van der Waals surface area (Å²) in [6, 6.07) is 7.10. The summed E-state index contributed by atoms with van der Waals surface area (Å²) in [5.74, 6) is -0.713. The summed E-state index contributed by atoms with van der Waals surface area (Å²) >= 11 is 0. The third-order valence-corrected chi connectivity index (χ3v) is 2.18. The van der Waals surface area contributed by atoms with E-state index in [9.17, 15) is 18.0 Å². The van der Waals surface area contributed by atoms with E-state index in [1.165, 1.54) is 0 Å². The van der Waals surface area contributed by atoms with Gasteiger partial charge < -0.3 is 15.4 Å². The van der Waals surface area contributed by atoms with Crippen LogP contribution in [0.1, 0.15) is 5.56 Å². The Labute approximate surface area is 108 Å². The molecule has 106 valence electrons. The smallest absolute Gasteiger partial charge is 0.380 e. The van der Waals surface area contributed by atoms with Gasteiger partial charge in [0.25, 0.3) is 0 Å². The highest BCUT2D eigenvalue weighted by Crippen LogP contribution is 2.12. The number of carbonyl (C=O) groups excluding carboxylic acids is 1. The molecule has 7 heteroatoms. The van der Waals surface area contributed by atoms with Crippen LogP contribution in [0.2, 0.25) is 0 Å². The highest BCUT2D eigenvalue weighted by Gasteiger charge is 2.27. The van der Waals surface area contributed by atoms with Crippen LogP contribution in [0.3, 0.4) is 0 Å². The summed E-state index contributed by atoms with van der Waals surface area (Å²) < 4.78 is 40.6. The van der Waals surface area contributed by atoms with E-state index in [1.54, 1.807) is 30.6 Å². The van der Waals surface area contributed by atoms with E-state index >= 15 is 0 Å². The van der Waals surface area contributed by atoms with E-state index in [0.29, 0.717) is 12.3 Å². The second-order valence-corrected chi connectivity index (χ2v) is 3.88. The quantitative estimate of drug-likeness (QED) is 0.834. The maximum Gasteiger partial charge on any atom is 0.405 e. The lowest BCUT2D eigenvalue weighted by Crippen LogP contribution is -2.37. The van der Waals surface area contributed by atoms with Crippen molar-refractivity contribution in [3.8, 4) is 0 Å². The predicted molar refractivity (Wildman–Crippen MR) is 64.7 cm³/mol. The van der Waals surface area contributed by atoms with Crippen LogP contribution in [0.25, 0.3) is 0 Å². The average molecular weight is 276 g/mol. The molecule has 0 aliphatic heterocycles. The van der Waals surface area contributed by atoms with E-state index in [2.05, 4.69) is 5.32 Å². The SMILES string of the molecule is COCc1cccc(NCC(=O)NCC(F)(F)F)c1. The number of rotatable bonds is 6. The molecule has 0 spiro atoms. The topological polar surface area (TPSA) is 50.4 Å². The number of anilines is 1. The van der Waals surface area contributed by atoms with Crippen LogP contribution in [0.5, 0.6) is 0 Å². The molecule has 0 unspecified atom stereocenters. The normalized spacial score (nSPS) is 11.2. The molecule has 0 fully saturated rings. The molecule has 0 radical (unpaired) electrons. The second-order valence-electron chi connectivity index (χ2n) is 3.88. The Bertz CT molecular complexity index is 422. The fourth-order valence-electron chi connectivity index (χ4n) is 1.38. The molecule has 0 aromatic heterocycles. The third kappa shape index (κ3) is 6.66. The number of benzene rings is 1. The molecule has 4 nitrogen and oxygen atoms in total. The summed E-state index contributed by atoms with van der Waals surface area (Å²) in [7, 11) is 1.56. The van der Waals surface area contributed by atoms with Gasteiger partial charge in [0.15, 0.2) is 0 Å². The molecular weight excluding hydrogens is 261 g/mol. The first-order valence-electron chi connectivity index (χ1n) is 5.56. The highest BCUT2D eigenvalue weighted by atomic mass is 19.4. The molecule has 19 heavy (non-hydrogen) atoms. The van der Waals surface area contributed by atoms with E-state index in [1.807, 2.05) is 6.07 Å². The third-order valence-electron chi connectivity index (χ3n) is 2.18. The number of nitrogens with one attached hydrogen (secondary N) is 2. The number of carbonyl (C=O) groups is 1. The van der Waals surface area contributed by atoms with Crippen LogP contribution in [-0.2, 0) is 16.1 Å². The number of hydrogen-bond donors (Lipinski definition) is 2. The zero-order chi connectivity index (χ0) is 14.3. The van der Waals surface area contributed by atoms with Crippen LogP contribution in [-0.4, -0.2) is 32.3 Å². The maximum absolute atomic E-state index is 11.9. The molecule has 1 aromatic rings. The average Bonchev–Trinajstić information content (AvgIpc) is 2.34. The van der Waals surface area contributed by atoms with Crippen molar-refractivity contribution >= 4 is 11.6 Å². The summed E-state index contributed by atoms with van der Waals surface area (Å²) in [6.07, 6.45) is -4.39. The van der Waals surface area contributed by atoms with Crippen LogP contribution < -0.4 is 10.6 Å². The van der Waals surface area contributed by atoms with E-state index in [0.717, 1.165) is 5.56 Å². The predicted octanol–water partition coefficient (Wildman–Crippen LogP) is 1.92. The number of hydrogen-bond acceptors (Lipinski definition) is 3. The summed E-state index contributed by atoms with van der Waals surface area (Å²) in [6.45, 7) is -1.11. The van der Waals surface area contributed by atoms with Gasteiger partial charge in [-0.25, -0.2) is 0 Å². The van der Waals surface area contributed by atoms with Crippen LogP contribution in [0.15, 0.2) is 24.3 Å². The van der Waals surface area contributed by atoms with Crippen molar-refractivity contribution in [2.24, 2.45) is 0 Å². The molecule has 0 atom stereocenters. The molecule has 1 amide bonds. The van der Waals surface area contributed by atoms with Crippen molar-refractivity contribution < 1.29 is 22.7 Å². The fraction of sp³-hybridized carbons (Fsp3) is 0.417. The van der Waals surface area contributed by atoms with E-state index in [-0.39, 0.29) is 6.54 Å². The van der Waals surface area contributed by atoms with E-state index < -0.39 is 18.6 Å². The van der Waals surface area contributed by atoms with Gasteiger partial charge in [-0.2, -0.15) is 13.2 Å². The van der Waals surface area contributed by atoms with Crippen LogP contribution >= 0.6 is 0 Å². The Morgan fingerprint density at radius 2 is 2.11 bits per heavy atom. The molecule has 2 N–H and O–H groups in total. The number of ether oxygens (including phenoxy) is 1. The molecular formula is C12H15F3N2O2. The Morgan fingerprint density at radius 3 is 2.74 bits per heavy atom. The summed E-state index contributed by atoms with van der Waals surface area (Å²) in [5, 5.41) is 4.53. The van der Waals surface area contributed by atoms with Crippen molar-refractivity contribution in [1.82, 2.24) is 5.32 Å². The Morgan fingerprint density at radius 1 is 1.37 bits per heavy atom. The molecule has 0 aliphatic rings. The molecule has 0 heterocycles. The molecule has 0 saturated heterocycles. The van der Waals surface area contributed by atoms with Crippen molar-refractivity contribution in [2.45, 2.75) is 12.8 Å². The maximum atomic E-state index is 11.9. The number of halogens is 3. The van der Waals surface area contributed by atoms with Crippen LogP contribution in [0, 0.1) is 0 Å². The molecule has 0 aliphatic carbocycles.